The SMILES string of the molecule is C=CCn1cc(/C=C2\C(=O)NC(=O)N(c3cccc(Cl)c3C)C2=O)c2ccccc21. The number of amides is 4. The van der Waals surface area contributed by atoms with Crippen LogP contribution >= 0.6 is 11.6 Å². The van der Waals surface area contributed by atoms with Crippen molar-refractivity contribution in [2.45, 2.75) is 13.5 Å². The van der Waals surface area contributed by atoms with Crippen LogP contribution in [0.1, 0.15) is 11.1 Å². The minimum atomic E-state index is -0.804. The predicted molar refractivity (Wildman–Crippen MR) is 117 cm³/mol. The molecular weight excluding hydrogens is 402 g/mol. The van der Waals surface area contributed by atoms with Gasteiger partial charge in [0.15, 0.2) is 0 Å². The number of aromatic nitrogens is 1. The number of benzene rings is 2. The van der Waals surface area contributed by atoms with Crippen LogP contribution in [0.4, 0.5) is 10.5 Å². The lowest BCUT2D eigenvalue weighted by atomic mass is 10.1. The topological polar surface area (TPSA) is 71.4 Å². The molecule has 1 aliphatic rings. The average Bonchev–Trinajstić information content (AvgIpc) is 3.06. The van der Waals surface area contributed by atoms with Crippen molar-refractivity contribution in [1.82, 2.24) is 9.88 Å². The largest absolute Gasteiger partial charge is 0.343 e. The van der Waals surface area contributed by atoms with E-state index in [1.54, 1.807) is 31.2 Å². The van der Waals surface area contributed by atoms with Crippen LogP contribution < -0.4 is 10.2 Å². The number of hydrogen-bond acceptors (Lipinski definition) is 3. The molecule has 0 bridgehead atoms. The molecule has 30 heavy (non-hydrogen) atoms. The van der Waals surface area contributed by atoms with Crippen LogP contribution in [-0.2, 0) is 16.1 Å². The van der Waals surface area contributed by atoms with E-state index >= 15 is 0 Å². The average molecular weight is 420 g/mol. The smallest absolute Gasteiger partial charge is 0.335 e. The zero-order valence-corrected chi connectivity index (χ0v) is 16.9. The number of allylic oxidation sites excluding steroid dienone is 1. The fraction of sp³-hybridized carbons (Fsp3) is 0.0870. The minimum Gasteiger partial charge on any atom is -0.343 e. The molecule has 0 spiro atoms. The number of nitrogens with one attached hydrogen (secondary N) is 1. The van der Waals surface area contributed by atoms with Crippen LogP contribution in [0.2, 0.25) is 5.02 Å². The van der Waals surface area contributed by atoms with E-state index in [1.807, 2.05) is 35.0 Å². The summed E-state index contributed by atoms with van der Waals surface area (Å²) < 4.78 is 1.98. The normalized spacial score (nSPS) is 15.7. The lowest BCUT2D eigenvalue weighted by Gasteiger charge is -2.27. The molecule has 0 radical (unpaired) electrons. The first kappa shape index (κ1) is 19.7. The Morgan fingerprint density at radius 2 is 1.87 bits per heavy atom. The second-order valence-electron chi connectivity index (χ2n) is 6.88. The van der Waals surface area contributed by atoms with Gasteiger partial charge in [-0.1, -0.05) is 41.9 Å². The number of barbiturate groups is 1. The fourth-order valence-corrected chi connectivity index (χ4v) is 3.72. The van der Waals surface area contributed by atoms with Gasteiger partial charge in [-0.25, -0.2) is 9.69 Å². The molecule has 4 amide bonds. The molecule has 1 fully saturated rings. The van der Waals surface area contributed by atoms with Crippen LogP contribution in [0, 0.1) is 6.92 Å². The van der Waals surface area contributed by atoms with Crippen molar-refractivity contribution in [2.24, 2.45) is 0 Å². The molecule has 0 aliphatic carbocycles. The first-order valence-corrected chi connectivity index (χ1v) is 9.65. The van der Waals surface area contributed by atoms with Crippen molar-refractivity contribution in [3.05, 3.63) is 83.0 Å². The Morgan fingerprint density at radius 1 is 1.10 bits per heavy atom. The highest BCUT2D eigenvalue weighted by Crippen LogP contribution is 2.30. The summed E-state index contributed by atoms with van der Waals surface area (Å²) in [4.78, 5) is 39.1. The van der Waals surface area contributed by atoms with Gasteiger partial charge in [-0.3, -0.25) is 14.9 Å². The number of carbonyl (C=O) groups is 3. The highest BCUT2D eigenvalue weighted by Gasteiger charge is 2.37. The highest BCUT2D eigenvalue weighted by atomic mass is 35.5. The van der Waals surface area contributed by atoms with Crippen molar-refractivity contribution >= 4 is 52.1 Å². The lowest BCUT2D eigenvalue weighted by molar-refractivity contribution is -0.122. The van der Waals surface area contributed by atoms with E-state index in [-0.39, 0.29) is 5.57 Å². The molecule has 1 aliphatic heterocycles. The van der Waals surface area contributed by atoms with Gasteiger partial charge in [0.2, 0.25) is 0 Å². The number of urea groups is 1. The summed E-state index contributed by atoms with van der Waals surface area (Å²) in [5, 5.41) is 3.55. The number of para-hydroxylation sites is 1. The summed E-state index contributed by atoms with van der Waals surface area (Å²) in [5.74, 6) is -1.43. The van der Waals surface area contributed by atoms with E-state index in [1.165, 1.54) is 6.08 Å². The zero-order chi connectivity index (χ0) is 21.4. The van der Waals surface area contributed by atoms with Gasteiger partial charge in [-0.15, -0.1) is 6.58 Å². The Kier molecular flexibility index (Phi) is 5.01. The number of carbonyl (C=O) groups excluding carboxylic acids is 3. The Bertz CT molecular complexity index is 1260. The van der Waals surface area contributed by atoms with Gasteiger partial charge in [-0.05, 0) is 36.8 Å². The lowest BCUT2D eigenvalue weighted by Crippen LogP contribution is -2.54. The second-order valence-corrected chi connectivity index (χ2v) is 7.29. The molecular formula is C23H18ClN3O3. The molecule has 150 valence electrons. The second kappa shape index (κ2) is 7.65. The maximum Gasteiger partial charge on any atom is 0.335 e. The number of imide groups is 2. The number of anilines is 1. The van der Waals surface area contributed by atoms with Gasteiger partial charge in [0.25, 0.3) is 11.8 Å². The molecule has 0 atom stereocenters. The molecule has 2 aromatic carbocycles. The summed E-state index contributed by atoms with van der Waals surface area (Å²) in [5.41, 5.74) is 2.42. The first-order valence-electron chi connectivity index (χ1n) is 9.27. The number of fused-ring (bicyclic) bond motifs is 1. The monoisotopic (exact) mass is 419 g/mol. The van der Waals surface area contributed by atoms with Crippen LogP contribution in [-0.4, -0.2) is 22.4 Å². The van der Waals surface area contributed by atoms with Crippen molar-refractivity contribution in [1.29, 1.82) is 0 Å². The number of halogens is 1. The van der Waals surface area contributed by atoms with E-state index in [0.29, 0.717) is 28.4 Å². The summed E-state index contributed by atoms with van der Waals surface area (Å²) in [6.45, 7) is 6.06. The molecule has 1 saturated heterocycles. The Morgan fingerprint density at radius 3 is 2.63 bits per heavy atom. The van der Waals surface area contributed by atoms with Gasteiger partial charge in [0.1, 0.15) is 5.57 Å². The standard InChI is InChI=1S/C23H18ClN3O3/c1-3-11-26-13-15(16-7-4-5-9-20(16)26)12-17-21(28)25-23(30)27(22(17)29)19-10-6-8-18(24)14(19)2/h3-10,12-13H,1,11H2,2H3,(H,25,28,30)/b17-12+. The maximum atomic E-state index is 13.2. The molecule has 4 rings (SSSR count). The number of nitrogens with zero attached hydrogens (tertiary/aromatic N) is 2. The van der Waals surface area contributed by atoms with E-state index in [0.717, 1.165) is 15.8 Å². The van der Waals surface area contributed by atoms with Crippen molar-refractivity contribution < 1.29 is 14.4 Å². The molecule has 6 nitrogen and oxygen atoms in total. The Labute approximate surface area is 178 Å². The summed E-state index contributed by atoms with van der Waals surface area (Å²) >= 11 is 6.16. The summed E-state index contributed by atoms with van der Waals surface area (Å²) in [7, 11) is 0. The van der Waals surface area contributed by atoms with Crippen molar-refractivity contribution in [3.63, 3.8) is 0 Å². The predicted octanol–water partition coefficient (Wildman–Crippen LogP) is 4.46. The van der Waals surface area contributed by atoms with E-state index in [4.69, 9.17) is 11.6 Å². The third-order valence-electron chi connectivity index (χ3n) is 5.03. The molecule has 1 aromatic heterocycles. The molecule has 2 heterocycles. The molecule has 0 saturated carbocycles. The Balaban J connectivity index is 1.84. The van der Waals surface area contributed by atoms with Gasteiger partial charge in [0.05, 0.1) is 5.69 Å². The van der Waals surface area contributed by atoms with Gasteiger partial charge in [-0.2, -0.15) is 0 Å². The first-order chi connectivity index (χ1) is 14.4. The van der Waals surface area contributed by atoms with Gasteiger partial charge >= 0.3 is 6.03 Å². The quantitative estimate of drug-likeness (QED) is 0.385. The van der Waals surface area contributed by atoms with Crippen LogP contribution in [0.5, 0.6) is 0 Å². The molecule has 0 unspecified atom stereocenters. The van der Waals surface area contributed by atoms with Crippen molar-refractivity contribution in [3.8, 4) is 0 Å². The Hall–Kier alpha value is -3.64. The summed E-state index contributed by atoms with van der Waals surface area (Å²) in [6.07, 6.45) is 5.13. The van der Waals surface area contributed by atoms with Crippen LogP contribution in [0.3, 0.4) is 0 Å². The van der Waals surface area contributed by atoms with Crippen molar-refractivity contribution in [2.75, 3.05) is 4.90 Å². The molecule has 3 aromatic rings. The molecule has 7 heteroatoms. The number of hydrogen-bond donors (Lipinski definition) is 1. The number of rotatable bonds is 4. The van der Waals surface area contributed by atoms with Crippen LogP contribution in [0.15, 0.2) is 66.9 Å². The zero-order valence-electron chi connectivity index (χ0n) is 16.2. The van der Waals surface area contributed by atoms with Crippen LogP contribution in [0.25, 0.3) is 17.0 Å². The van der Waals surface area contributed by atoms with Gasteiger partial charge < -0.3 is 4.57 Å². The third-order valence-corrected chi connectivity index (χ3v) is 5.44. The fourth-order valence-electron chi connectivity index (χ4n) is 3.55. The molecule has 1 N–H and O–H groups in total. The van der Waals surface area contributed by atoms with Gasteiger partial charge in [0, 0.05) is 34.2 Å². The van der Waals surface area contributed by atoms with E-state index in [2.05, 4.69) is 11.9 Å². The maximum absolute atomic E-state index is 13.2. The van der Waals surface area contributed by atoms with E-state index in [9.17, 15) is 14.4 Å². The van der Waals surface area contributed by atoms with E-state index < -0.39 is 17.8 Å². The summed E-state index contributed by atoms with van der Waals surface area (Å²) in [6, 6.07) is 11.8. The third kappa shape index (κ3) is 3.21. The highest BCUT2D eigenvalue weighted by molar-refractivity contribution is 6.40. The minimum absolute atomic E-state index is 0.129.